The molecule has 2 aromatic heterocycles. The highest BCUT2D eigenvalue weighted by atomic mass is 32.1. The van der Waals surface area contributed by atoms with Gasteiger partial charge in [-0.05, 0) is 42.0 Å². The smallest absolute Gasteiger partial charge is 0.363 e. The van der Waals surface area contributed by atoms with Crippen LogP contribution in [0.25, 0.3) is 0 Å². The third-order valence-corrected chi connectivity index (χ3v) is 3.69. The molecule has 1 atom stereocenters. The molecule has 0 radical (unpaired) electrons. The fraction of sp³-hybridized carbons (Fsp3) is 0.250. The summed E-state index contributed by atoms with van der Waals surface area (Å²) in [5.74, 6) is -0.139. The van der Waals surface area contributed by atoms with Crippen LogP contribution in [0.3, 0.4) is 0 Å². The zero-order chi connectivity index (χ0) is 13.1. The summed E-state index contributed by atoms with van der Waals surface area (Å²) in [6.45, 7) is 4.11. The highest BCUT2D eigenvalue weighted by molar-refractivity contribution is 7.12. The zero-order valence-corrected chi connectivity index (χ0v) is 10.9. The molecule has 2 heterocycles. The normalized spacial score (nSPS) is 12.1. The first-order chi connectivity index (χ1) is 8.56. The SMILES string of the molecule is Cc1ccc(C(C)Nc2ccc([N+](=O)[O-])nc2)s1. The monoisotopic (exact) mass is 263 g/mol. The van der Waals surface area contributed by atoms with Gasteiger partial charge in [-0.1, -0.05) is 0 Å². The number of hydrogen-bond acceptors (Lipinski definition) is 5. The average molecular weight is 263 g/mol. The van der Waals surface area contributed by atoms with E-state index in [2.05, 4.69) is 29.4 Å². The van der Waals surface area contributed by atoms with E-state index in [1.807, 2.05) is 6.92 Å². The van der Waals surface area contributed by atoms with E-state index < -0.39 is 4.92 Å². The molecule has 0 saturated heterocycles. The van der Waals surface area contributed by atoms with Gasteiger partial charge in [0.05, 0.1) is 11.7 Å². The second-order valence-electron chi connectivity index (χ2n) is 3.98. The lowest BCUT2D eigenvalue weighted by Crippen LogP contribution is -2.05. The standard InChI is InChI=1S/C12H13N3O2S/c1-8-3-5-11(18-8)9(2)14-10-4-6-12(13-7-10)15(16)17/h3-7,9,14H,1-2H3. The van der Waals surface area contributed by atoms with E-state index in [-0.39, 0.29) is 11.9 Å². The largest absolute Gasteiger partial charge is 0.375 e. The summed E-state index contributed by atoms with van der Waals surface area (Å²) in [6.07, 6.45) is 1.48. The Morgan fingerprint density at radius 1 is 1.39 bits per heavy atom. The fourth-order valence-electron chi connectivity index (χ4n) is 1.59. The molecule has 0 aliphatic heterocycles. The van der Waals surface area contributed by atoms with E-state index in [9.17, 15) is 10.1 Å². The van der Waals surface area contributed by atoms with Crippen LogP contribution in [0.15, 0.2) is 30.5 Å². The molecule has 5 nitrogen and oxygen atoms in total. The second-order valence-corrected chi connectivity index (χ2v) is 5.30. The average Bonchev–Trinajstić information content (AvgIpc) is 2.76. The number of aryl methyl sites for hydroxylation is 1. The zero-order valence-electron chi connectivity index (χ0n) is 10.1. The van der Waals surface area contributed by atoms with Crippen LogP contribution in [-0.2, 0) is 0 Å². The number of aromatic nitrogens is 1. The number of thiophene rings is 1. The molecule has 0 amide bonds. The molecule has 94 valence electrons. The lowest BCUT2D eigenvalue weighted by Gasteiger charge is -2.12. The Bertz CT molecular complexity index is 551. The molecule has 0 fully saturated rings. The van der Waals surface area contributed by atoms with E-state index in [0.29, 0.717) is 0 Å². The quantitative estimate of drug-likeness (QED) is 0.676. The van der Waals surface area contributed by atoms with Gasteiger partial charge in [-0.25, -0.2) is 0 Å². The topological polar surface area (TPSA) is 68.1 Å². The number of nitrogens with one attached hydrogen (secondary N) is 1. The molecular formula is C12H13N3O2S. The Balaban J connectivity index is 2.07. The number of nitrogens with zero attached hydrogens (tertiary/aromatic N) is 2. The molecule has 2 aromatic rings. The Labute approximate surface area is 109 Å². The van der Waals surface area contributed by atoms with Crippen molar-refractivity contribution in [3.63, 3.8) is 0 Å². The lowest BCUT2D eigenvalue weighted by molar-refractivity contribution is -0.389. The minimum absolute atomic E-state index is 0.139. The highest BCUT2D eigenvalue weighted by Gasteiger charge is 2.10. The number of hydrogen-bond donors (Lipinski definition) is 1. The molecule has 1 unspecified atom stereocenters. The van der Waals surface area contributed by atoms with Crippen LogP contribution in [0.5, 0.6) is 0 Å². The first kappa shape index (κ1) is 12.5. The van der Waals surface area contributed by atoms with Crippen LogP contribution in [0, 0.1) is 17.0 Å². The maximum Gasteiger partial charge on any atom is 0.363 e. The van der Waals surface area contributed by atoms with Crippen LogP contribution in [-0.4, -0.2) is 9.91 Å². The van der Waals surface area contributed by atoms with Gasteiger partial charge in [-0.2, -0.15) is 0 Å². The summed E-state index contributed by atoms with van der Waals surface area (Å²) in [5.41, 5.74) is 0.777. The van der Waals surface area contributed by atoms with Crippen LogP contribution < -0.4 is 5.32 Å². The molecule has 0 aliphatic carbocycles. The first-order valence-corrected chi connectivity index (χ1v) is 6.31. The van der Waals surface area contributed by atoms with Crippen molar-refractivity contribution in [3.05, 3.63) is 50.3 Å². The van der Waals surface area contributed by atoms with Crippen molar-refractivity contribution >= 4 is 22.8 Å². The summed E-state index contributed by atoms with van der Waals surface area (Å²) in [5, 5.41) is 13.7. The molecule has 6 heteroatoms. The van der Waals surface area contributed by atoms with Crippen molar-refractivity contribution in [1.82, 2.24) is 4.98 Å². The van der Waals surface area contributed by atoms with Gasteiger partial charge < -0.3 is 15.4 Å². The third kappa shape index (κ3) is 2.84. The molecule has 0 bridgehead atoms. The minimum Gasteiger partial charge on any atom is -0.375 e. The van der Waals surface area contributed by atoms with Gasteiger partial charge in [-0.3, -0.25) is 0 Å². The molecule has 0 saturated carbocycles. The van der Waals surface area contributed by atoms with Gasteiger partial charge in [-0.15, -0.1) is 11.3 Å². The number of rotatable bonds is 4. The Morgan fingerprint density at radius 3 is 2.67 bits per heavy atom. The molecule has 1 N–H and O–H groups in total. The fourth-order valence-corrected chi connectivity index (χ4v) is 2.47. The maximum atomic E-state index is 10.5. The molecule has 18 heavy (non-hydrogen) atoms. The van der Waals surface area contributed by atoms with Crippen LogP contribution in [0.4, 0.5) is 11.5 Å². The predicted octanol–water partition coefficient (Wildman–Crippen LogP) is 3.53. The maximum absolute atomic E-state index is 10.5. The van der Waals surface area contributed by atoms with Crippen molar-refractivity contribution in [2.75, 3.05) is 5.32 Å². The first-order valence-electron chi connectivity index (χ1n) is 5.49. The number of anilines is 1. The van der Waals surface area contributed by atoms with Crippen LogP contribution in [0.2, 0.25) is 0 Å². The minimum atomic E-state index is -0.504. The Kier molecular flexibility index (Phi) is 3.57. The molecular weight excluding hydrogens is 250 g/mol. The van der Waals surface area contributed by atoms with Crippen molar-refractivity contribution < 1.29 is 4.92 Å². The molecule has 0 spiro atoms. The van der Waals surface area contributed by atoms with Gasteiger partial charge in [0, 0.05) is 15.8 Å². The summed E-state index contributed by atoms with van der Waals surface area (Å²) in [6, 6.07) is 7.38. The lowest BCUT2D eigenvalue weighted by atomic mass is 10.2. The summed E-state index contributed by atoms with van der Waals surface area (Å²) >= 11 is 1.73. The van der Waals surface area contributed by atoms with Crippen LogP contribution in [0.1, 0.15) is 22.7 Å². The van der Waals surface area contributed by atoms with Crippen molar-refractivity contribution in [2.24, 2.45) is 0 Å². The van der Waals surface area contributed by atoms with E-state index in [1.165, 1.54) is 22.0 Å². The summed E-state index contributed by atoms with van der Waals surface area (Å²) in [4.78, 5) is 16.2. The van der Waals surface area contributed by atoms with Gasteiger partial charge in [0.2, 0.25) is 0 Å². The van der Waals surface area contributed by atoms with Gasteiger partial charge in [0.15, 0.2) is 6.20 Å². The van der Waals surface area contributed by atoms with Crippen LogP contribution >= 0.6 is 11.3 Å². The molecule has 2 rings (SSSR count). The summed E-state index contributed by atoms with van der Waals surface area (Å²) < 4.78 is 0. The van der Waals surface area contributed by atoms with Gasteiger partial charge in [0.1, 0.15) is 0 Å². The number of nitro groups is 1. The summed E-state index contributed by atoms with van der Waals surface area (Å²) in [7, 11) is 0. The third-order valence-electron chi connectivity index (χ3n) is 2.51. The van der Waals surface area contributed by atoms with Crippen molar-refractivity contribution in [1.29, 1.82) is 0 Å². The second kappa shape index (κ2) is 5.14. The van der Waals surface area contributed by atoms with E-state index in [0.717, 1.165) is 5.69 Å². The van der Waals surface area contributed by atoms with E-state index in [1.54, 1.807) is 17.4 Å². The van der Waals surface area contributed by atoms with E-state index in [4.69, 9.17) is 0 Å². The van der Waals surface area contributed by atoms with Gasteiger partial charge >= 0.3 is 5.82 Å². The Morgan fingerprint density at radius 2 is 2.17 bits per heavy atom. The molecule has 0 aliphatic rings. The molecule has 0 aromatic carbocycles. The number of pyridine rings is 1. The van der Waals surface area contributed by atoms with E-state index >= 15 is 0 Å². The van der Waals surface area contributed by atoms with Gasteiger partial charge in [0.25, 0.3) is 0 Å². The van der Waals surface area contributed by atoms with Crippen molar-refractivity contribution in [2.45, 2.75) is 19.9 Å². The highest BCUT2D eigenvalue weighted by Crippen LogP contribution is 2.25. The Hall–Kier alpha value is -1.95. The predicted molar refractivity (Wildman–Crippen MR) is 72.0 cm³/mol. The van der Waals surface area contributed by atoms with Crippen molar-refractivity contribution in [3.8, 4) is 0 Å².